The van der Waals surface area contributed by atoms with E-state index in [0.717, 1.165) is 12.8 Å². The molecule has 0 aliphatic heterocycles. The van der Waals surface area contributed by atoms with Crippen molar-refractivity contribution in [1.82, 2.24) is 4.98 Å². The van der Waals surface area contributed by atoms with Gasteiger partial charge in [-0.2, -0.15) is 0 Å². The Morgan fingerprint density at radius 1 is 1.59 bits per heavy atom. The second kappa shape index (κ2) is 4.50. The van der Waals surface area contributed by atoms with Crippen LogP contribution in [0.5, 0.6) is 0 Å². The Morgan fingerprint density at radius 3 is 2.82 bits per heavy atom. The van der Waals surface area contributed by atoms with Crippen molar-refractivity contribution >= 4 is 23.4 Å². The van der Waals surface area contributed by atoms with E-state index in [0.29, 0.717) is 12.4 Å². The van der Waals surface area contributed by atoms with Crippen molar-refractivity contribution < 1.29 is 15.0 Å². The number of pyridine rings is 1. The molecule has 0 atom stereocenters. The molecule has 3 N–H and O–H groups in total. The van der Waals surface area contributed by atoms with Crippen LogP contribution in [-0.2, 0) is 0 Å². The lowest BCUT2D eigenvalue weighted by Gasteiger charge is -2.14. The summed E-state index contributed by atoms with van der Waals surface area (Å²) >= 11 is 5.93. The van der Waals surface area contributed by atoms with E-state index in [1.54, 1.807) is 0 Å². The van der Waals surface area contributed by atoms with Crippen LogP contribution in [0.4, 0.5) is 5.82 Å². The molecule has 1 aliphatic carbocycles. The standard InChI is InChI=1S/C11H13ClN2O3/c12-8-7(10(16)17)1-4-13-9(8)14-5-11(6-15)2-3-11/h1,4,15H,2-3,5-6H2,(H,13,14)(H,16,17). The van der Waals surface area contributed by atoms with Crippen molar-refractivity contribution in [1.29, 1.82) is 0 Å². The Morgan fingerprint density at radius 2 is 2.29 bits per heavy atom. The highest BCUT2D eigenvalue weighted by molar-refractivity contribution is 6.35. The first-order chi connectivity index (χ1) is 8.08. The molecule has 2 rings (SSSR count). The molecule has 1 saturated carbocycles. The number of carboxylic acid groups (broad SMARTS) is 1. The molecule has 0 saturated heterocycles. The normalized spacial score (nSPS) is 16.6. The maximum atomic E-state index is 10.9. The van der Waals surface area contributed by atoms with Crippen molar-refractivity contribution in [2.75, 3.05) is 18.5 Å². The van der Waals surface area contributed by atoms with Crippen LogP contribution in [0.15, 0.2) is 12.3 Å². The summed E-state index contributed by atoms with van der Waals surface area (Å²) in [5.41, 5.74) is -0.0532. The minimum Gasteiger partial charge on any atom is -0.478 e. The molecule has 0 spiro atoms. The molecule has 1 fully saturated rings. The van der Waals surface area contributed by atoms with Gasteiger partial charge in [-0.1, -0.05) is 11.6 Å². The van der Waals surface area contributed by atoms with Crippen LogP contribution in [0.2, 0.25) is 5.02 Å². The van der Waals surface area contributed by atoms with Gasteiger partial charge in [-0.25, -0.2) is 9.78 Å². The molecular formula is C11H13ClN2O3. The number of carbonyl (C=O) groups is 1. The fourth-order valence-electron chi connectivity index (χ4n) is 1.57. The highest BCUT2D eigenvalue weighted by Crippen LogP contribution is 2.45. The second-order valence-corrected chi connectivity index (χ2v) is 4.72. The minimum absolute atomic E-state index is 0.0259. The zero-order valence-electron chi connectivity index (χ0n) is 9.11. The van der Waals surface area contributed by atoms with E-state index < -0.39 is 5.97 Å². The molecule has 17 heavy (non-hydrogen) atoms. The number of anilines is 1. The van der Waals surface area contributed by atoms with Crippen LogP contribution in [0.1, 0.15) is 23.2 Å². The molecule has 92 valence electrons. The number of aliphatic hydroxyl groups is 1. The molecule has 0 aromatic carbocycles. The largest absolute Gasteiger partial charge is 0.478 e. The zero-order valence-corrected chi connectivity index (χ0v) is 9.87. The van der Waals surface area contributed by atoms with Gasteiger partial charge in [0.2, 0.25) is 0 Å². The minimum atomic E-state index is -1.08. The molecule has 1 aromatic rings. The molecule has 0 bridgehead atoms. The Kier molecular flexibility index (Phi) is 3.22. The summed E-state index contributed by atoms with van der Waals surface area (Å²) in [6.45, 7) is 0.676. The SMILES string of the molecule is O=C(O)c1ccnc(NCC2(CO)CC2)c1Cl. The zero-order chi connectivity index (χ0) is 12.5. The van der Waals surface area contributed by atoms with Crippen LogP contribution in [0.25, 0.3) is 0 Å². The molecular weight excluding hydrogens is 244 g/mol. The third-order valence-electron chi connectivity index (χ3n) is 3.04. The van der Waals surface area contributed by atoms with Crippen molar-refractivity contribution in [3.63, 3.8) is 0 Å². The summed E-state index contributed by atoms with van der Waals surface area (Å²) in [7, 11) is 0. The number of hydrogen-bond acceptors (Lipinski definition) is 4. The number of halogens is 1. The van der Waals surface area contributed by atoms with Gasteiger partial charge in [-0.15, -0.1) is 0 Å². The fraction of sp³-hybridized carbons (Fsp3) is 0.455. The lowest BCUT2D eigenvalue weighted by Crippen LogP contribution is -2.20. The number of aliphatic hydroxyl groups excluding tert-OH is 1. The molecule has 0 amide bonds. The predicted octanol–water partition coefficient (Wildman–Crippen LogP) is 1.62. The summed E-state index contributed by atoms with van der Waals surface area (Å²) in [5, 5.41) is 21.2. The highest BCUT2D eigenvalue weighted by Gasteiger charge is 2.41. The molecule has 1 heterocycles. The van der Waals surface area contributed by atoms with Crippen molar-refractivity contribution in [3.05, 3.63) is 22.8 Å². The van der Waals surface area contributed by atoms with E-state index in [-0.39, 0.29) is 22.6 Å². The fourth-order valence-corrected chi connectivity index (χ4v) is 1.83. The number of hydrogen-bond donors (Lipinski definition) is 3. The average Bonchev–Trinajstić information content (AvgIpc) is 3.08. The summed E-state index contributed by atoms with van der Waals surface area (Å²) in [5.74, 6) is -0.727. The number of nitrogens with zero attached hydrogens (tertiary/aromatic N) is 1. The average molecular weight is 257 g/mol. The van der Waals surface area contributed by atoms with E-state index in [9.17, 15) is 4.79 Å². The smallest absolute Gasteiger partial charge is 0.337 e. The van der Waals surface area contributed by atoms with E-state index in [4.69, 9.17) is 21.8 Å². The van der Waals surface area contributed by atoms with Gasteiger partial charge in [0.1, 0.15) is 5.82 Å². The third-order valence-corrected chi connectivity index (χ3v) is 3.43. The number of rotatable bonds is 5. The van der Waals surface area contributed by atoms with Gasteiger partial charge in [-0.05, 0) is 18.9 Å². The van der Waals surface area contributed by atoms with Crippen LogP contribution >= 0.6 is 11.6 Å². The predicted molar refractivity (Wildman–Crippen MR) is 63.4 cm³/mol. The first kappa shape index (κ1) is 12.1. The molecule has 1 aromatic heterocycles. The highest BCUT2D eigenvalue weighted by atomic mass is 35.5. The van der Waals surface area contributed by atoms with Gasteiger partial charge in [0.15, 0.2) is 0 Å². The second-order valence-electron chi connectivity index (χ2n) is 4.34. The summed E-state index contributed by atoms with van der Waals surface area (Å²) in [6.07, 6.45) is 3.33. The third kappa shape index (κ3) is 2.50. The van der Waals surface area contributed by atoms with E-state index in [1.807, 2.05) is 0 Å². The molecule has 0 radical (unpaired) electrons. The topological polar surface area (TPSA) is 82.5 Å². The van der Waals surface area contributed by atoms with Crippen molar-refractivity contribution in [2.45, 2.75) is 12.8 Å². The summed E-state index contributed by atoms with van der Waals surface area (Å²) in [4.78, 5) is 14.9. The quantitative estimate of drug-likeness (QED) is 0.746. The maximum Gasteiger partial charge on any atom is 0.337 e. The van der Waals surface area contributed by atoms with Gasteiger partial charge in [0, 0.05) is 18.2 Å². The van der Waals surface area contributed by atoms with Crippen LogP contribution in [0.3, 0.4) is 0 Å². The Balaban J connectivity index is 2.11. The van der Waals surface area contributed by atoms with Gasteiger partial charge in [0.25, 0.3) is 0 Å². The van der Waals surface area contributed by atoms with Gasteiger partial charge in [-0.3, -0.25) is 0 Å². The van der Waals surface area contributed by atoms with E-state index in [2.05, 4.69) is 10.3 Å². The van der Waals surface area contributed by atoms with Gasteiger partial charge >= 0.3 is 5.97 Å². The van der Waals surface area contributed by atoms with Crippen molar-refractivity contribution in [2.24, 2.45) is 5.41 Å². The van der Waals surface area contributed by atoms with Gasteiger partial charge in [0.05, 0.1) is 17.2 Å². The Hall–Kier alpha value is -1.33. The summed E-state index contributed by atoms with van der Waals surface area (Å²) < 4.78 is 0. The molecule has 6 heteroatoms. The lowest BCUT2D eigenvalue weighted by atomic mass is 10.1. The number of aromatic carboxylic acids is 1. The number of nitrogens with one attached hydrogen (secondary N) is 1. The Bertz CT molecular complexity index is 446. The van der Waals surface area contributed by atoms with Crippen molar-refractivity contribution in [3.8, 4) is 0 Å². The monoisotopic (exact) mass is 256 g/mol. The summed E-state index contributed by atoms with van der Waals surface area (Å²) in [6, 6.07) is 1.36. The molecule has 5 nitrogen and oxygen atoms in total. The van der Waals surface area contributed by atoms with Gasteiger partial charge < -0.3 is 15.5 Å². The van der Waals surface area contributed by atoms with E-state index in [1.165, 1.54) is 12.3 Å². The first-order valence-electron chi connectivity index (χ1n) is 5.30. The van der Waals surface area contributed by atoms with Crippen LogP contribution in [0, 0.1) is 5.41 Å². The van der Waals surface area contributed by atoms with Crippen LogP contribution < -0.4 is 5.32 Å². The lowest BCUT2D eigenvalue weighted by molar-refractivity contribution is 0.0697. The first-order valence-corrected chi connectivity index (χ1v) is 5.68. The molecule has 0 unspecified atom stereocenters. The van der Waals surface area contributed by atoms with E-state index >= 15 is 0 Å². The van der Waals surface area contributed by atoms with Crippen LogP contribution in [-0.4, -0.2) is 34.3 Å². The maximum absolute atomic E-state index is 10.9. The molecule has 1 aliphatic rings. The Labute approximate surface area is 103 Å². The number of aromatic nitrogens is 1. The number of carboxylic acids is 1.